The number of carbonyl (C=O) groups excluding carboxylic acids is 2. The van der Waals surface area contributed by atoms with Crippen LogP contribution in [0.5, 0.6) is 5.75 Å². The van der Waals surface area contributed by atoms with Gasteiger partial charge in [-0.15, -0.1) is 0 Å². The van der Waals surface area contributed by atoms with E-state index in [0.29, 0.717) is 21.8 Å². The molecule has 0 fully saturated rings. The maximum atomic E-state index is 13.0. The molecule has 1 amide bonds. The summed E-state index contributed by atoms with van der Waals surface area (Å²) < 4.78 is 6.03. The second-order valence-electron chi connectivity index (χ2n) is 7.74. The Labute approximate surface area is 187 Å². The topological polar surface area (TPSA) is 55.4 Å². The predicted molar refractivity (Wildman–Crippen MR) is 123 cm³/mol. The summed E-state index contributed by atoms with van der Waals surface area (Å²) in [7, 11) is 0. The van der Waals surface area contributed by atoms with E-state index in [-0.39, 0.29) is 11.7 Å². The van der Waals surface area contributed by atoms with Gasteiger partial charge in [0, 0.05) is 16.1 Å². The maximum absolute atomic E-state index is 13.0. The van der Waals surface area contributed by atoms with Gasteiger partial charge in [0.2, 0.25) is 0 Å². The molecule has 1 N–H and O–H groups in total. The smallest absolute Gasteiger partial charge is 0.265 e. The Balaban J connectivity index is 1.53. The Hall–Kier alpha value is -3.11. The summed E-state index contributed by atoms with van der Waals surface area (Å²) in [5, 5.41) is 3.27. The zero-order valence-electron chi connectivity index (χ0n) is 17.4. The van der Waals surface area contributed by atoms with Gasteiger partial charge < -0.3 is 10.1 Å². The molecule has 0 heterocycles. The van der Waals surface area contributed by atoms with Crippen LogP contribution in [0.15, 0.2) is 66.7 Å². The van der Waals surface area contributed by atoms with E-state index in [4.69, 9.17) is 16.3 Å². The molecule has 1 unspecified atom stereocenters. The van der Waals surface area contributed by atoms with Crippen LogP contribution < -0.4 is 10.1 Å². The molecule has 1 aliphatic rings. The molecule has 3 aromatic rings. The van der Waals surface area contributed by atoms with Crippen molar-refractivity contribution in [2.45, 2.75) is 38.7 Å². The molecule has 0 radical (unpaired) electrons. The van der Waals surface area contributed by atoms with Gasteiger partial charge in [-0.2, -0.15) is 0 Å². The number of hydrogen-bond donors (Lipinski definition) is 1. The Kier molecular flexibility index (Phi) is 6.38. The van der Waals surface area contributed by atoms with Crippen molar-refractivity contribution >= 4 is 29.0 Å². The molecule has 0 saturated heterocycles. The summed E-state index contributed by atoms with van der Waals surface area (Å²) >= 11 is 6.13. The first-order chi connectivity index (χ1) is 15.0. The fourth-order valence-corrected chi connectivity index (χ4v) is 4.07. The number of hydrogen-bond acceptors (Lipinski definition) is 3. The van der Waals surface area contributed by atoms with E-state index in [2.05, 4.69) is 11.4 Å². The highest BCUT2D eigenvalue weighted by Crippen LogP contribution is 2.30. The average Bonchev–Trinajstić information content (AvgIpc) is 2.80. The third kappa shape index (κ3) is 4.80. The Bertz CT molecular complexity index is 1110. The number of ketones is 1. The van der Waals surface area contributed by atoms with Gasteiger partial charge in [-0.3, -0.25) is 9.59 Å². The van der Waals surface area contributed by atoms with Gasteiger partial charge in [0.05, 0.1) is 5.69 Å². The highest BCUT2D eigenvalue weighted by Gasteiger charge is 2.22. The molecule has 5 heteroatoms. The van der Waals surface area contributed by atoms with Crippen LogP contribution in [0.25, 0.3) is 0 Å². The van der Waals surface area contributed by atoms with Crippen LogP contribution in [-0.2, 0) is 17.6 Å². The summed E-state index contributed by atoms with van der Waals surface area (Å²) in [5.74, 6) is 0.235. The third-order valence-electron chi connectivity index (χ3n) is 5.55. The lowest BCUT2D eigenvalue weighted by molar-refractivity contribution is -0.122. The van der Waals surface area contributed by atoms with Crippen LogP contribution in [-0.4, -0.2) is 17.8 Å². The molecule has 0 aromatic heterocycles. The number of halogens is 1. The van der Waals surface area contributed by atoms with Crippen molar-refractivity contribution in [2.24, 2.45) is 0 Å². The summed E-state index contributed by atoms with van der Waals surface area (Å²) in [6.45, 7) is 1.71. The number of aryl methyl sites for hydroxylation is 1. The predicted octanol–water partition coefficient (Wildman–Crippen LogP) is 5.86. The van der Waals surface area contributed by atoms with E-state index < -0.39 is 6.10 Å². The summed E-state index contributed by atoms with van der Waals surface area (Å²) in [4.78, 5) is 25.9. The van der Waals surface area contributed by atoms with Crippen molar-refractivity contribution in [3.63, 3.8) is 0 Å². The molecule has 31 heavy (non-hydrogen) atoms. The van der Waals surface area contributed by atoms with Crippen LogP contribution in [0.2, 0.25) is 5.02 Å². The van der Waals surface area contributed by atoms with E-state index in [0.717, 1.165) is 25.0 Å². The second-order valence-corrected chi connectivity index (χ2v) is 8.17. The lowest BCUT2D eigenvalue weighted by Crippen LogP contribution is -2.31. The van der Waals surface area contributed by atoms with Gasteiger partial charge in [0.1, 0.15) is 5.75 Å². The maximum Gasteiger partial charge on any atom is 0.265 e. The molecule has 158 valence electrons. The monoisotopic (exact) mass is 433 g/mol. The summed E-state index contributed by atoms with van der Waals surface area (Å²) in [5.41, 5.74) is 3.77. The van der Waals surface area contributed by atoms with Crippen LogP contribution in [0.1, 0.15) is 46.8 Å². The molecule has 0 saturated carbocycles. The zero-order chi connectivity index (χ0) is 21.8. The molecule has 4 rings (SSSR count). The standard InChI is InChI=1S/C26H24ClNO3/c1-17(31-24-13-7-11-18-8-5-6-12-21(18)24)26(30)28-23-15-14-20(27)16-22(23)25(29)19-9-3-2-4-10-19/h2-4,7,9-11,13-17H,5-6,8,12H2,1H3,(H,28,30). The van der Waals surface area contributed by atoms with Crippen molar-refractivity contribution in [3.05, 3.63) is 94.0 Å². The SMILES string of the molecule is CC(Oc1cccc2c1CCCC2)C(=O)Nc1ccc(Cl)cc1C(=O)c1ccccc1. The molecule has 0 spiro atoms. The Morgan fingerprint density at radius 1 is 0.968 bits per heavy atom. The minimum atomic E-state index is -0.719. The highest BCUT2D eigenvalue weighted by molar-refractivity contribution is 6.31. The fraction of sp³-hybridized carbons (Fsp3) is 0.231. The van der Waals surface area contributed by atoms with Gasteiger partial charge in [0.25, 0.3) is 5.91 Å². The van der Waals surface area contributed by atoms with Crippen molar-refractivity contribution < 1.29 is 14.3 Å². The van der Waals surface area contributed by atoms with Crippen molar-refractivity contribution in [1.29, 1.82) is 0 Å². The van der Waals surface area contributed by atoms with Gasteiger partial charge in [-0.05, 0) is 68.0 Å². The largest absolute Gasteiger partial charge is 0.481 e. The molecular formula is C26H24ClNO3. The third-order valence-corrected chi connectivity index (χ3v) is 5.78. The first kappa shape index (κ1) is 21.1. The molecule has 3 aromatic carbocycles. The van der Waals surface area contributed by atoms with Crippen LogP contribution in [0, 0.1) is 0 Å². The number of benzene rings is 3. The van der Waals surface area contributed by atoms with E-state index in [1.54, 1.807) is 49.4 Å². The van der Waals surface area contributed by atoms with Crippen molar-refractivity contribution in [1.82, 2.24) is 0 Å². The van der Waals surface area contributed by atoms with Gasteiger partial charge in [0.15, 0.2) is 11.9 Å². The van der Waals surface area contributed by atoms with Crippen LogP contribution in [0.4, 0.5) is 5.69 Å². The lowest BCUT2D eigenvalue weighted by Gasteiger charge is -2.22. The highest BCUT2D eigenvalue weighted by atomic mass is 35.5. The van der Waals surface area contributed by atoms with Gasteiger partial charge in [-0.1, -0.05) is 54.1 Å². The number of amides is 1. The Morgan fingerprint density at radius 2 is 1.74 bits per heavy atom. The molecule has 1 atom stereocenters. The second kappa shape index (κ2) is 9.36. The van der Waals surface area contributed by atoms with E-state index in [1.165, 1.54) is 17.5 Å². The van der Waals surface area contributed by atoms with Crippen LogP contribution >= 0.6 is 11.6 Å². The molecule has 1 aliphatic carbocycles. The Morgan fingerprint density at radius 3 is 2.55 bits per heavy atom. The summed E-state index contributed by atoms with van der Waals surface area (Å²) in [6.07, 6.45) is 3.60. The fourth-order valence-electron chi connectivity index (χ4n) is 3.89. The van der Waals surface area contributed by atoms with E-state index >= 15 is 0 Å². The van der Waals surface area contributed by atoms with E-state index in [1.807, 2.05) is 18.2 Å². The average molecular weight is 434 g/mol. The van der Waals surface area contributed by atoms with Gasteiger partial charge >= 0.3 is 0 Å². The summed E-state index contributed by atoms with van der Waals surface area (Å²) in [6, 6.07) is 19.8. The minimum absolute atomic E-state index is 0.205. The lowest BCUT2D eigenvalue weighted by atomic mass is 9.91. The quantitative estimate of drug-likeness (QED) is 0.495. The zero-order valence-corrected chi connectivity index (χ0v) is 18.1. The first-order valence-electron chi connectivity index (χ1n) is 10.5. The number of ether oxygens (including phenoxy) is 1. The molecule has 0 aliphatic heterocycles. The van der Waals surface area contributed by atoms with Crippen LogP contribution in [0.3, 0.4) is 0 Å². The normalized spacial score (nSPS) is 13.7. The minimum Gasteiger partial charge on any atom is -0.481 e. The molecule has 0 bridgehead atoms. The number of rotatable bonds is 6. The number of nitrogens with one attached hydrogen (secondary N) is 1. The number of fused-ring (bicyclic) bond motifs is 1. The first-order valence-corrected chi connectivity index (χ1v) is 10.9. The van der Waals surface area contributed by atoms with E-state index in [9.17, 15) is 9.59 Å². The molecular weight excluding hydrogens is 410 g/mol. The number of carbonyl (C=O) groups is 2. The van der Waals surface area contributed by atoms with Crippen molar-refractivity contribution in [3.8, 4) is 5.75 Å². The van der Waals surface area contributed by atoms with Crippen molar-refractivity contribution in [2.75, 3.05) is 5.32 Å². The number of anilines is 1. The van der Waals surface area contributed by atoms with Gasteiger partial charge in [-0.25, -0.2) is 0 Å². The molecule has 4 nitrogen and oxygen atoms in total.